The van der Waals surface area contributed by atoms with E-state index in [-0.39, 0.29) is 0 Å². The molecule has 5 unspecified atom stereocenters. The second kappa shape index (κ2) is 6.79. The topological polar surface area (TPSA) is 15.3 Å². The Labute approximate surface area is 125 Å². The third-order valence-electron chi connectivity index (χ3n) is 6.45. The highest BCUT2D eigenvalue weighted by Gasteiger charge is 2.38. The van der Waals surface area contributed by atoms with Crippen LogP contribution in [0.3, 0.4) is 0 Å². The number of fused-ring (bicyclic) bond motifs is 1. The van der Waals surface area contributed by atoms with E-state index < -0.39 is 0 Å². The second-order valence-electron chi connectivity index (χ2n) is 7.79. The molecule has 0 spiro atoms. The minimum atomic E-state index is 0.781. The van der Waals surface area contributed by atoms with Crippen LogP contribution >= 0.6 is 0 Å². The minimum Gasteiger partial charge on any atom is -0.317 e. The van der Waals surface area contributed by atoms with E-state index in [0.29, 0.717) is 0 Å². The van der Waals surface area contributed by atoms with Crippen molar-refractivity contribution in [2.24, 2.45) is 23.7 Å². The van der Waals surface area contributed by atoms with E-state index in [1.165, 1.54) is 71.0 Å². The Morgan fingerprint density at radius 1 is 1.05 bits per heavy atom. The van der Waals surface area contributed by atoms with Crippen molar-refractivity contribution < 1.29 is 0 Å². The van der Waals surface area contributed by atoms with Gasteiger partial charge in [-0.25, -0.2) is 0 Å². The quantitative estimate of drug-likeness (QED) is 0.828. The second-order valence-corrected chi connectivity index (χ2v) is 7.79. The van der Waals surface area contributed by atoms with Crippen molar-refractivity contribution in [3.8, 4) is 0 Å². The standard InChI is InChI=1S/C18H34N2/c1-3-5-14-8-9-18(19-2)17(10-14)13-20-11-15-6-4-7-16(15)12-20/h14-19H,3-13H2,1-2H3. The van der Waals surface area contributed by atoms with Gasteiger partial charge >= 0.3 is 0 Å². The predicted octanol–water partition coefficient (Wildman–Crippen LogP) is 3.52. The van der Waals surface area contributed by atoms with Gasteiger partial charge in [0.2, 0.25) is 0 Å². The summed E-state index contributed by atoms with van der Waals surface area (Å²) in [7, 11) is 2.18. The Hall–Kier alpha value is -0.0800. The first kappa shape index (κ1) is 14.8. The first-order valence-corrected chi connectivity index (χ1v) is 9.19. The van der Waals surface area contributed by atoms with E-state index in [2.05, 4.69) is 24.2 Å². The van der Waals surface area contributed by atoms with Gasteiger partial charge in [-0.05, 0) is 62.8 Å². The van der Waals surface area contributed by atoms with Crippen LogP contribution in [0.25, 0.3) is 0 Å². The van der Waals surface area contributed by atoms with Gasteiger partial charge < -0.3 is 10.2 Å². The Bertz CT molecular complexity index is 292. The molecule has 2 aliphatic carbocycles. The largest absolute Gasteiger partial charge is 0.317 e. The van der Waals surface area contributed by atoms with Gasteiger partial charge in [0.05, 0.1) is 0 Å². The van der Waals surface area contributed by atoms with Gasteiger partial charge in [0.15, 0.2) is 0 Å². The molecule has 1 aliphatic heterocycles. The van der Waals surface area contributed by atoms with Crippen molar-refractivity contribution in [1.29, 1.82) is 0 Å². The third kappa shape index (κ3) is 3.22. The monoisotopic (exact) mass is 278 g/mol. The number of rotatable bonds is 5. The summed E-state index contributed by atoms with van der Waals surface area (Å²) in [6.45, 7) is 6.55. The van der Waals surface area contributed by atoms with E-state index in [1.807, 2.05) is 0 Å². The van der Waals surface area contributed by atoms with Gasteiger partial charge in [0.25, 0.3) is 0 Å². The molecule has 0 aromatic carbocycles. The molecule has 2 nitrogen and oxygen atoms in total. The zero-order valence-corrected chi connectivity index (χ0v) is 13.6. The van der Waals surface area contributed by atoms with Crippen LogP contribution in [0.1, 0.15) is 58.3 Å². The third-order valence-corrected chi connectivity index (χ3v) is 6.45. The molecule has 116 valence electrons. The van der Waals surface area contributed by atoms with Crippen LogP contribution in [-0.4, -0.2) is 37.6 Å². The lowest BCUT2D eigenvalue weighted by molar-refractivity contribution is 0.148. The molecule has 3 rings (SSSR count). The first-order chi connectivity index (χ1) is 9.80. The van der Waals surface area contributed by atoms with Crippen molar-refractivity contribution in [3.63, 3.8) is 0 Å². The summed E-state index contributed by atoms with van der Waals surface area (Å²) in [5, 5.41) is 3.61. The Morgan fingerprint density at radius 3 is 2.45 bits per heavy atom. The van der Waals surface area contributed by atoms with Crippen molar-refractivity contribution in [1.82, 2.24) is 10.2 Å². The number of likely N-dealkylation sites (tertiary alicyclic amines) is 1. The SMILES string of the molecule is CCCC1CCC(NC)C(CN2CC3CCCC3C2)C1. The van der Waals surface area contributed by atoms with Crippen LogP contribution in [0, 0.1) is 23.7 Å². The summed E-state index contributed by atoms with van der Waals surface area (Å²) in [6.07, 6.45) is 11.7. The maximum Gasteiger partial charge on any atom is 0.0105 e. The Kier molecular flexibility index (Phi) is 5.04. The lowest BCUT2D eigenvalue weighted by Gasteiger charge is -2.38. The summed E-state index contributed by atoms with van der Waals surface area (Å²) in [4.78, 5) is 2.82. The van der Waals surface area contributed by atoms with Crippen LogP contribution in [-0.2, 0) is 0 Å². The Balaban J connectivity index is 1.53. The maximum atomic E-state index is 3.61. The summed E-state index contributed by atoms with van der Waals surface area (Å²) in [5.74, 6) is 4.02. The summed E-state index contributed by atoms with van der Waals surface area (Å²) in [6, 6.07) is 0.781. The van der Waals surface area contributed by atoms with Crippen LogP contribution < -0.4 is 5.32 Å². The Morgan fingerprint density at radius 2 is 1.80 bits per heavy atom. The normalized spacial score (nSPS) is 42.0. The maximum absolute atomic E-state index is 3.61. The molecule has 0 radical (unpaired) electrons. The lowest BCUT2D eigenvalue weighted by Crippen LogP contribution is -2.44. The molecule has 0 amide bonds. The molecular formula is C18H34N2. The number of nitrogens with one attached hydrogen (secondary N) is 1. The van der Waals surface area contributed by atoms with Crippen LogP contribution in [0.15, 0.2) is 0 Å². The van der Waals surface area contributed by atoms with Gasteiger partial charge in [0, 0.05) is 25.7 Å². The molecule has 1 heterocycles. The van der Waals surface area contributed by atoms with E-state index in [1.54, 1.807) is 0 Å². The molecule has 2 heteroatoms. The van der Waals surface area contributed by atoms with Crippen molar-refractivity contribution in [2.45, 2.75) is 64.3 Å². The smallest absolute Gasteiger partial charge is 0.0105 e. The van der Waals surface area contributed by atoms with Gasteiger partial charge in [0.1, 0.15) is 0 Å². The van der Waals surface area contributed by atoms with E-state index >= 15 is 0 Å². The highest BCUT2D eigenvalue weighted by molar-refractivity contribution is 4.92. The molecule has 0 aromatic heterocycles. The zero-order chi connectivity index (χ0) is 13.9. The first-order valence-electron chi connectivity index (χ1n) is 9.19. The van der Waals surface area contributed by atoms with Gasteiger partial charge in [-0.15, -0.1) is 0 Å². The average Bonchev–Trinajstić information content (AvgIpc) is 3.00. The highest BCUT2D eigenvalue weighted by atomic mass is 15.2. The van der Waals surface area contributed by atoms with Crippen molar-refractivity contribution in [3.05, 3.63) is 0 Å². The fraction of sp³-hybridized carbons (Fsp3) is 1.00. The fourth-order valence-corrected chi connectivity index (χ4v) is 5.43. The fourth-order valence-electron chi connectivity index (χ4n) is 5.43. The highest BCUT2D eigenvalue weighted by Crippen LogP contribution is 2.39. The molecule has 3 aliphatic rings. The molecule has 1 saturated heterocycles. The number of hydrogen-bond acceptors (Lipinski definition) is 2. The van der Waals surface area contributed by atoms with E-state index in [0.717, 1.165) is 29.7 Å². The molecule has 3 fully saturated rings. The van der Waals surface area contributed by atoms with E-state index in [9.17, 15) is 0 Å². The average molecular weight is 278 g/mol. The van der Waals surface area contributed by atoms with Gasteiger partial charge in [-0.1, -0.05) is 26.2 Å². The summed E-state index contributed by atoms with van der Waals surface area (Å²) in [5.41, 5.74) is 0. The molecule has 20 heavy (non-hydrogen) atoms. The van der Waals surface area contributed by atoms with Gasteiger partial charge in [-0.2, -0.15) is 0 Å². The van der Waals surface area contributed by atoms with Crippen LogP contribution in [0.5, 0.6) is 0 Å². The van der Waals surface area contributed by atoms with Gasteiger partial charge in [-0.3, -0.25) is 0 Å². The zero-order valence-electron chi connectivity index (χ0n) is 13.6. The molecule has 5 atom stereocenters. The van der Waals surface area contributed by atoms with Crippen LogP contribution in [0.2, 0.25) is 0 Å². The molecule has 2 saturated carbocycles. The number of nitrogens with zero attached hydrogens (tertiary/aromatic N) is 1. The predicted molar refractivity (Wildman–Crippen MR) is 85.9 cm³/mol. The molecule has 1 N–H and O–H groups in total. The number of hydrogen-bond donors (Lipinski definition) is 1. The molecule has 0 bridgehead atoms. The van der Waals surface area contributed by atoms with Crippen molar-refractivity contribution in [2.75, 3.05) is 26.7 Å². The molecular weight excluding hydrogens is 244 g/mol. The lowest BCUT2D eigenvalue weighted by atomic mass is 9.76. The van der Waals surface area contributed by atoms with Crippen molar-refractivity contribution >= 4 is 0 Å². The summed E-state index contributed by atoms with van der Waals surface area (Å²) >= 11 is 0. The molecule has 0 aromatic rings. The van der Waals surface area contributed by atoms with E-state index in [4.69, 9.17) is 0 Å². The summed E-state index contributed by atoms with van der Waals surface area (Å²) < 4.78 is 0. The van der Waals surface area contributed by atoms with Crippen LogP contribution in [0.4, 0.5) is 0 Å². The minimum absolute atomic E-state index is 0.781.